The van der Waals surface area contributed by atoms with Crippen LogP contribution >= 0.6 is 0 Å². The van der Waals surface area contributed by atoms with Crippen molar-refractivity contribution in [3.63, 3.8) is 0 Å². The van der Waals surface area contributed by atoms with Gasteiger partial charge in [-0.2, -0.15) is 0 Å². The van der Waals surface area contributed by atoms with Gasteiger partial charge in [-0.25, -0.2) is 0 Å². The number of amides is 1. The van der Waals surface area contributed by atoms with Crippen molar-refractivity contribution < 1.29 is 19.1 Å². The predicted molar refractivity (Wildman–Crippen MR) is 89.8 cm³/mol. The number of fused-ring (bicyclic) bond motifs is 1. The molecule has 1 amide bonds. The number of benzene rings is 1. The molecule has 0 spiro atoms. The minimum atomic E-state index is -0.709. The van der Waals surface area contributed by atoms with Gasteiger partial charge in [0.25, 0.3) is 0 Å². The number of nitrogens with one attached hydrogen (secondary N) is 1. The summed E-state index contributed by atoms with van der Waals surface area (Å²) in [5, 5.41) is 13.1. The Morgan fingerprint density at radius 1 is 1.33 bits per heavy atom. The van der Waals surface area contributed by atoms with E-state index in [9.17, 15) is 9.90 Å². The van der Waals surface area contributed by atoms with Crippen LogP contribution in [0.4, 0.5) is 0 Å². The Morgan fingerprint density at radius 3 is 2.96 bits per heavy atom. The number of hydrogen-bond donors (Lipinski definition) is 2. The fourth-order valence-corrected chi connectivity index (χ4v) is 3.18. The maximum absolute atomic E-state index is 12.3. The summed E-state index contributed by atoms with van der Waals surface area (Å²) in [4.78, 5) is 12.3. The van der Waals surface area contributed by atoms with Crippen LogP contribution in [-0.2, 0) is 4.79 Å². The van der Waals surface area contributed by atoms with Crippen molar-refractivity contribution in [2.24, 2.45) is 0 Å². The Morgan fingerprint density at radius 2 is 2.17 bits per heavy atom. The maximum Gasteiger partial charge on any atom is 0.220 e. The molecule has 0 saturated heterocycles. The van der Waals surface area contributed by atoms with Crippen LogP contribution in [0.1, 0.15) is 49.5 Å². The van der Waals surface area contributed by atoms with E-state index in [-0.39, 0.29) is 17.9 Å². The smallest absolute Gasteiger partial charge is 0.220 e. The molecule has 1 aliphatic heterocycles. The number of para-hydroxylation sites is 1. The lowest BCUT2D eigenvalue weighted by Gasteiger charge is -2.26. The second-order valence-electron chi connectivity index (χ2n) is 6.31. The van der Waals surface area contributed by atoms with Crippen LogP contribution in [0.15, 0.2) is 47.1 Å². The van der Waals surface area contributed by atoms with E-state index in [2.05, 4.69) is 5.32 Å². The third kappa shape index (κ3) is 3.97. The topological polar surface area (TPSA) is 71.7 Å². The first-order valence-electron chi connectivity index (χ1n) is 8.36. The molecule has 3 rings (SSSR count). The number of aliphatic hydroxyl groups excluding tert-OH is 1. The van der Waals surface area contributed by atoms with Gasteiger partial charge in [0.05, 0.1) is 12.9 Å². The van der Waals surface area contributed by atoms with Gasteiger partial charge in [0, 0.05) is 18.9 Å². The molecule has 1 aliphatic rings. The van der Waals surface area contributed by atoms with E-state index >= 15 is 0 Å². The van der Waals surface area contributed by atoms with Crippen LogP contribution in [0.5, 0.6) is 5.75 Å². The monoisotopic (exact) mass is 329 g/mol. The highest BCUT2D eigenvalue weighted by molar-refractivity contribution is 5.77. The van der Waals surface area contributed by atoms with Crippen molar-refractivity contribution in [3.05, 3.63) is 54.0 Å². The molecular weight excluding hydrogens is 306 g/mol. The molecule has 5 nitrogen and oxygen atoms in total. The van der Waals surface area contributed by atoms with Crippen molar-refractivity contribution in [3.8, 4) is 5.75 Å². The molecule has 0 bridgehead atoms. The molecule has 3 unspecified atom stereocenters. The van der Waals surface area contributed by atoms with Gasteiger partial charge < -0.3 is 19.6 Å². The maximum atomic E-state index is 12.3. The van der Waals surface area contributed by atoms with E-state index < -0.39 is 6.10 Å². The molecule has 128 valence electrons. The average Bonchev–Trinajstić information content (AvgIpc) is 3.09. The Labute approximate surface area is 141 Å². The second-order valence-corrected chi connectivity index (χ2v) is 6.31. The number of carbonyl (C=O) groups excluding carboxylic acids is 1. The number of furan rings is 1. The minimum absolute atomic E-state index is 0.00384. The summed E-state index contributed by atoms with van der Waals surface area (Å²) in [6.45, 7) is 2.53. The fraction of sp³-hybridized carbons (Fsp3) is 0.421. The molecule has 2 aromatic rings. The molecule has 3 atom stereocenters. The van der Waals surface area contributed by atoms with Crippen LogP contribution in [-0.4, -0.2) is 23.7 Å². The zero-order valence-corrected chi connectivity index (χ0v) is 13.8. The SMILES string of the molecule is CC(CC(O)c1ccco1)NC(=O)CC1CCOc2ccccc21. The van der Waals surface area contributed by atoms with Gasteiger partial charge in [-0.1, -0.05) is 18.2 Å². The van der Waals surface area contributed by atoms with Gasteiger partial charge in [0.15, 0.2) is 0 Å². The summed E-state index contributed by atoms with van der Waals surface area (Å²) in [5.74, 6) is 1.57. The Bertz CT molecular complexity index is 668. The lowest BCUT2D eigenvalue weighted by Crippen LogP contribution is -2.35. The summed E-state index contributed by atoms with van der Waals surface area (Å²) in [6, 6.07) is 11.2. The van der Waals surface area contributed by atoms with Crippen LogP contribution in [0.2, 0.25) is 0 Å². The summed E-state index contributed by atoms with van der Waals surface area (Å²) in [7, 11) is 0. The highest BCUT2D eigenvalue weighted by Crippen LogP contribution is 2.35. The van der Waals surface area contributed by atoms with Crippen LogP contribution in [0.25, 0.3) is 0 Å². The van der Waals surface area contributed by atoms with Crippen LogP contribution in [0, 0.1) is 0 Å². The van der Waals surface area contributed by atoms with Gasteiger partial charge in [0.2, 0.25) is 5.91 Å². The standard InChI is InChI=1S/C19H23NO4/c1-13(11-16(21)18-7-4-9-23-18)20-19(22)12-14-8-10-24-17-6-3-2-5-15(14)17/h2-7,9,13-14,16,21H,8,10-12H2,1H3,(H,20,22). The van der Waals surface area contributed by atoms with Gasteiger partial charge in [-0.05, 0) is 43.0 Å². The minimum Gasteiger partial charge on any atom is -0.493 e. The lowest BCUT2D eigenvalue weighted by molar-refractivity contribution is -0.122. The molecule has 5 heteroatoms. The van der Waals surface area contributed by atoms with E-state index in [0.29, 0.717) is 25.2 Å². The van der Waals surface area contributed by atoms with Crippen molar-refractivity contribution in [1.82, 2.24) is 5.32 Å². The number of ether oxygens (including phenoxy) is 1. The van der Waals surface area contributed by atoms with Gasteiger partial charge in [-0.3, -0.25) is 4.79 Å². The highest BCUT2D eigenvalue weighted by Gasteiger charge is 2.24. The molecular formula is C19H23NO4. The largest absolute Gasteiger partial charge is 0.493 e. The first-order chi connectivity index (χ1) is 11.6. The van der Waals surface area contributed by atoms with Crippen molar-refractivity contribution in [2.75, 3.05) is 6.61 Å². The fourth-order valence-electron chi connectivity index (χ4n) is 3.18. The number of aliphatic hydroxyl groups is 1. The van der Waals surface area contributed by atoms with E-state index in [1.54, 1.807) is 12.1 Å². The number of carbonyl (C=O) groups is 1. The second kappa shape index (κ2) is 7.53. The molecule has 1 aromatic heterocycles. The Hall–Kier alpha value is -2.27. The van der Waals surface area contributed by atoms with Crippen molar-refractivity contribution in [2.45, 2.75) is 44.2 Å². The molecule has 2 heterocycles. The zero-order chi connectivity index (χ0) is 16.9. The third-order valence-electron chi connectivity index (χ3n) is 4.37. The lowest BCUT2D eigenvalue weighted by atomic mass is 9.90. The first-order valence-corrected chi connectivity index (χ1v) is 8.36. The summed E-state index contributed by atoms with van der Waals surface area (Å²) >= 11 is 0. The van der Waals surface area contributed by atoms with Crippen molar-refractivity contribution >= 4 is 5.91 Å². The molecule has 0 saturated carbocycles. The Kier molecular flexibility index (Phi) is 5.20. The van der Waals surface area contributed by atoms with E-state index in [0.717, 1.165) is 17.7 Å². The summed E-state index contributed by atoms with van der Waals surface area (Å²) in [5.41, 5.74) is 1.10. The van der Waals surface area contributed by atoms with Crippen LogP contribution in [0.3, 0.4) is 0 Å². The summed E-state index contributed by atoms with van der Waals surface area (Å²) < 4.78 is 10.8. The number of rotatable bonds is 6. The molecule has 1 aromatic carbocycles. The quantitative estimate of drug-likeness (QED) is 0.854. The zero-order valence-electron chi connectivity index (χ0n) is 13.8. The van der Waals surface area contributed by atoms with E-state index in [4.69, 9.17) is 9.15 Å². The van der Waals surface area contributed by atoms with Gasteiger partial charge in [-0.15, -0.1) is 0 Å². The van der Waals surface area contributed by atoms with E-state index in [1.165, 1.54) is 6.26 Å². The highest BCUT2D eigenvalue weighted by atomic mass is 16.5. The molecule has 0 radical (unpaired) electrons. The number of hydrogen-bond acceptors (Lipinski definition) is 4. The predicted octanol–water partition coefficient (Wildman–Crippen LogP) is 3.16. The Balaban J connectivity index is 1.52. The molecule has 2 N–H and O–H groups in total. The third-order valence-corrected chi connectivity index (χ3v) is 4.37. The van der Waals surface area contributed by atoms with E-state index in [1.807, 2.05) is 31.2 Å². The van der Waals surface area contributed by atoms with Gasteiger partial charge >= 0.3 is 0 Å². The average molecular weight is 329 g/mol. The molecule has 0 aliphatic carbocycles. The molecule has 0 fully saturated rings. The summed E-state index contributed by atoms with van der Waals surface area (Å²) in [6.07, 6.45) is 2.52. The van der Waals surface area contributed by atoms with Crippen LogP contribution < -0.4 is 10.1 Å². The van der Waals surface area contributed by atoms with Gasteiger partial charge in [0.1, 0.15) is 17.6 Å². The normalized spacial score (nSPS) is 19.0. The molecule has 24 heavy (non-hydrogen) atoms. The van der Waals surface area contributed by atoms with Crippen molar-refractivity contribution in [1.29, 1.82) is 0 Å². The first kappa shape index (κ1) is 16.6.